The fourth-order valence-corrected chi connectivity index (χ4v) is 5.08. The lowest BCUT2D eigenvalue weighted by Gasteiger charge is -2.33. The van der Waals surface area contributed by atoms with Crippen molar-refractivity contribution in [3.05, 3.63) is 71.8 Å². The number of nitrogens with one attached hydrogen (secondary N) is 1. The first kappa shape index (κ1) is 23.0. The Balaban J connectivity index is 1.46. The molecule has 2 unspecified atom stereocenters. The third-order valence-corrected chi connectivity index (χ3v) is 6.83. The van der Waals surface area contributed by atoms with Crippen molar-refractivity contribution in [2.45, 2.75) is 44.6 Å². The fraction of sp³-hybridized carbons (Fsp3) is 0.444. The van der Waals surface area contributed by atoms with E-state index in [2.05, 4.69) is 5.32 Å². The molecule has 0 spiro atoms. The van der Waals surface area contributed by atoms with Crippen molar-refractivity contribution in [1.82, 2.24) is 15.1 Å². The summed E-state index contributed by atoms with van der Waals surface area (Å²) in [5.41, 5.74) is 1.79. The van der Waals surface area contributed by atoms with Gasteiger partial charge in [-0.3, -0.25) is 14.4 Å². The zero-order valence-electron chi connectivity index (χ0n) is 19.1. The van der Waals surface area contributed by atoms with Crippen LogP contribution < -0.4 is 5.32 Å². The molecule has 1 saturated heterocycles. The summed E-state index contributed by atoms with van der Waals surface area (Å²) < 4.78 is 0. The van der Waals surface area contributed by atoms with E-state index in [1.165, 1.54) is 0 Å². The van der Waals surface area contributed by atoms with Gasteiger partial charge in [0.15, 0.2) is 0 Å². The van der Waals surface area contributed by atoms with Crippen molar-refractivity contribution in [2.75, 3.05) is 26.2 Å². The predicted molar refractivity (Wildman–Crippen MR) is 128 cm³/mol. The molecule has 3 amide bonds. The van der Waals surface area contributed by atoms with Crippen LogP contribution in [0.2, 0.25) is 0 Å². The molecule has 2 aromatic rings. The number of benzene rings is 2. The van der Waals surface area contributed by atoms with Gasteiger partial charge in [-0.15, -0.1) is 0 Å². The molecule has 6 heteroatoms. The van der Waals surface area contributed by atoms with Crippen LogP contribution in [0.5, 0.6) is 0 Å². The molecule has 0 radical (unpaired) electrons. The molecule has 2 fully saturated rings. The molecule has 0 bridgehead atoms. The third kappa shape index (κ3) is 5.81. The minimum Gasteiger partial charge on any atom is -0.354 e. The number of rotatable bonds is 4. The maximum absolute atomic E-state index is 13.4. The van der Waals surface area contributed by atoms with E-state index in [1.807, 2.05) is 70.5 Å². The minimum atomic E-state index is -0.182. The summed E-state index contributed by atoms with van der Waals surface area (Å²) in [7, 11) is 0. The Bertz CT molecular complexity index is 948. The molecular weight excluding hydrogens is 414 g/mol. The zero-order chi connectivity index (χ0) is 23.0. The highest BCUT2D eigenvalue weighted by Gasteiger charge is 2.39. The second-order valence-corrected chi connectivity index (χ2v) is 8.98. The highest BCUT2D eigenvalue weighted by Crippen LogP contribution is 2.31. The lowest BCUT2D eigenvalue weighted by molar-refractivity contribution is -0.132. The lowest BCUT2D eigenvalue weighted by Crippen LogP contribution is -2.47. The van der Waals surface area contributed by atoms with Gasteiger partial charge in [0.1, 0.15) is 0 Å². The Hall–Kier alpha value is -3.15. The van der Waals surface area contributed by atoms with Gasteiger partial charge in [-0.25, -0.2) is 0 Å². The van der Waals surface area contributed by atoms with Crippen LogP contribution in [-0.4, -0.2) is 59.7 Å². The largest absolute Gasteiger partial charge is 0.354 e. The maximum Gasteiger partial charge on any atom is 0.254 e. The first-order valence-corrected chi connectivity index (χ1v) is 12.1. The van der Waals surface area contributed by atoms with E-state index < -0.39 is 0 Å². The molecular formula is C27H33N3O3. The average molecular weight is 448 g/mol. The monoisotopic (exact) mass is 447 g/mol. The quantitative estimate of drug-likeness (QED) is 0.782. The summed E-state index contributed by atoms with van der Waals surface area (Å²) in [5, 5.41) is 3.04. The molecule has 33 heavy (non-hydrogen) atoms. The number of carbonyl (C=O) groups excluding carboxylic acids is 3. The van der Waals surface area contributed by atoms with Crippen LogP contribution in [0.3, 0.4) is 0 Å². The van der Waals surface area contributed by atoms with Crippen LogP contribution in [0.4, 0.5) is 0 Å². The Morgan fingerprint density at radius 2 is 1.61 bits per heavy atom. The second-order valence-electron chi connectivity index (χ2n) is 8.98. The van der Waals surface area contributed by atoms with Crippen molar-refractivity contribution in [1.29, 1.82) is 0 Å². The summed E-state index contributed by atoms with van der Waals surface area (Å²) in [5.74, 6) is -0.116. The summed E-state index contributed by atoms with van der Waals surface area (Å²) in [6.45, 7) is 2.08. The Labute approximate surface area is 196 Å². The maximum atomic E-state index is 13.4. The van der Waals surface area contributed by atoms with Crippen LogP contribution in [0.25, 0.3) is 0 Å². The molecule has 2 aromatic carbocycles. The minimum absolute atomic E-state index is 0.00180. The summed E-state index contributed by atoms with van der Waals surface area (Å²) in [6, 6.07) is 19.2. The van der Waals surface area contributed by atoms with E-state index in [0.29, 0.717) is 51.0 Å². The normalized spacial score (nSPS) is 21.6. The van der Waals surface area contributed by atoms with Crippen LogP contribution in [0.1, 0.15) is 48.0 Å². The standard InChI is InChI=1S/C27H33N3O3/c31-25(16-15-21-9-3-1-4-10-21)29-18-8-19-30(27(33)22-11-5-2-6-12-22)24-14-7-13-23(24)26(32)28-17-20-29/h1-6,9-12,23-24H,7-8,13-20H2,(H,28,32). The van der Waals surface area contributed by atoms with E-state index in [4.69, 9.17) is 0 Å². The molecule has 1 aliphatic carbocycles. The van der Waals surface area contributed by atoms with Crippen LogP contribution in [-0.2, 0) is 16.0 Å². The number of hydrogen-bond donors (Lipinski definition) is 1. The topological polar surface area (TPSA) is 69.7 Å². The smallest absolute Gasteiger partial charge is 0.254 e. The Morgan fingerprint density at radius 3 is 2.36 bits per heavy atom. The first-order chi connectivity index (χ1) is 16.1. The number of hydrogen-bond acceptors (Lipinski definition) is 3. The molecule has 4 rings (SSSR count). The highest BCUT2D eigenvalue weighted by atomic mass is 16.2. The van der Waals surface area contributed by atoms with Gasteiger partial charge < -0.3 is 15.1 Å². The SMILES string of the molecule is O=C1NCCN(C(=O)CCc2ccccc2)CCCN(C(=O)c2ccccc2)C2CCCC12. The van der Waals surface area contributed by atoms with Gasteiger partial charge >= 0.3 is 0 Å². The Morgan fingerprint density at radius 1 is 0.879 bits per heavy atom. The van der Waals surface area contributed by atoms with Gasteiger partial charge in [-0.05, 0) is 43.4 Å². The number of aryl methyl sites for hydroxylation is 1. The van der Waals surface area contributed by atoms with Gasteiger partial charge in [0.05, 0.1) is 5.92 Å². The van der Waals surface area contributed by atoms with Gasteiger partial charge in [-0.1, -0.05) is 55.0 Å². The predicted octanol–water partition coefficient (Wildman–Crippen LogP) is 3.28. The molecule has 0 aromatic heterocycles. The number of carbonyl (C=O) groups is 3. The molecule has 6 nitrogen and oxygen atoms in total. The van der Waals surface area contributed by atoms with E-state index >= 15 is 0 Å². The van der Waals surface area contributed by atoms with Gasteiger partial charge in [0.2, 0.25) is 11.8 Å². The van der Waals surface area contributed by atoms with Gasteiger partial charge in [-0.2, -0.15) is 0 Å². The average Bonchev–Trinajstić information content (AvgIpc) is 3.33. The lowest BCUT2D eigenvalue weighted by atomic mass is 9.99. The van der Waals surface area contributed by atoms with Crippen molar-refractivity contribution in [3.63, 3.8) is 0 Å². The second kappa shape index (κ2) is 11.1. The van der Waals surface area contributed by atoms with Crippen molar-refractivity contribution >= 4 is 17.7 Å². The van der Waals surface area contributed by atoms with E-state index in [9.17, 15) is 14.4 Å². The number of fused-ring (bicyclic) bond motifs is 1. The van der Waals surface area contributed by atoms with Crippen LogP contribution >= 0.6 is 0 Å². The fourth-order valence-electron chi connectivity index (χ4n) is 5.08. The number of amides is 3. The molecule has 1 N–H and O–H groups in total. The molecule has 2 aliphatic rings. The van der Waals surface area contributed by atoms with Crippen molar-refractivity contribution < 1.29 is 14.4 Å². The molecule has 1 saturated carbocycles. The molecule has 174 valence electrons. The first-order valence-electron chi connectivity index (χ1n) is 12.1. The summed E-state index contributed by atoms with van der Waals surface area (Å²) >= 11 is 0. The van der Waals surface area contributed by atoms with E-state index in [0.717, 1.165) is 24.8 Å². The molecule has 1 aliphatic heterocycles. The van der Waals surface area contributed by atoms with Crippen molar-refractivity contribution in [2.24, 2.45) is 5.92 Å². The van der Waals surface area contributed by atoms with E-state index in [-0.39, 0.29) is 29.7 Å². The zero-order valence-corrected chi connectivity index (χ0v) is 19.1. The molecule has 1 heterocycles. The Kier molecular flexibility index (Phi) is 7.76. The summed E-state index contributed by atoms with van der Waals surface area (Å²) in [6.07, 6.45) is 4.44. The van der Waals surface area contributed by atoms with Gasteiger partial charge in [0.25, 0.3) is 5.91 Å². The van der Waals surface area contributed by atoms with Crippen molar-refractivity contribution in [3.8, 4) is 0 Å². The van der Waals surface area contributed by atoms with Crippen LogP contribution in [0, 0.1) is 5.92 Å². The van der Waals surface area contributed by atoms with Crippen LogP contribution in [0.15, 0.2) is 60.7 Å². The molecule has 2 atom stereocenters. The van der Waals surface area contributed by atoms with Gasteiger partial charge in [0, 0.05) is 44.2 Å². The number of nitrogens with zero attached hydrogens (tertiary/aromatic N) is 2. The highest BCUT2D eigenvalue weighted by molar-refractivity contribution is 5.95. The van der Waals surface area contributed by atoms with E-state index in [1.54, 1.807) is 0 Å². The third-order valence-electron chi connectivity index (χ3n) is 6.83. The summed E-state index contributed by atoms with van der Waals surface area (Å²) in [4.78, 5) is 43.1.